The minimum Gasteiger partial charge on any atom is -0.497 e. The summed E-state index contributed by atoms with van der Waals surface area (Å²) in [5, 5.41) is 4.58. The molecule has 0 fully saturated rings. The molecule has 2 aromatic carbocycles. The lowest BCUT2D eigenvalue weighted by molar-refractivity contribution is -0.118. The van der Waals surface area contributed by atoms with Gasteiger partial charge in [-0.05, 0) is 41.3 Å². The molecule has 1 atom stereocenters. The average molecular weight is 393 g/mol. The zero-order chi connectivity index (χ0) is 19.3. The standard InChI is InChI=1S/C23H24N2O2S/c1-27-19-6-4-5-16(11-19)17-9-10-24-22(12-17)23(26)15-28-14-18-13-25-21-8-3-2-7-20(18)21/h2-9,11,13,22,24-25H,10,12,14-15H2,1H3. The quantitative estimate of drug-likeness (QED) is 0.625. The van der Waals surface area contributed by atoms with Gasteiger partial charge in [0.2, 0.25) is 0 Å². The zero-order valence-corrected chi connectivity index (χ0v) is 16.7. The van der Waals surface area contributed by atoms with Gasteiger partial charge in [0.15, 0.2) is 5.78 Å². The Morgan fingerprint density at radius 3 is 3.00 bits per heavy atom. The summed E-state index contributed by atoms with van der Waals surface area (Å²) in [7, 11) is 1.67. The van der Waals surface area contributed by atoms with Gasteiger partial charge in [0.05, 0.1) is 18.9 Å². The fourth-order valence-corrected chi connectivity index (χ4v) is 4.56. The lowest BCUT2D eigenvalue weighted by Gasteiger charge is -2.23. The predicted octanol–water partition coefficient (Wildman–Crippen LogP) is 4.42. The summed E-state index contributed by atoms with van der Waals surface area (Å²) in [6, 6.07) is 16.2. The van der Waals surface area contributed by atoms with E-state index in [1.54, 1.807) is 18.9 Å². The van der Waals surface area contributed by atoms with Crippen molar-refractivity contribution in [3.8, 4) is 5.75 Å². The number of benzene rings is 2. The number of H-pyrrole nitrogens is 1. The zero-order valence-electron chi connectivity index (χ0n) is 15.9. The number of carbonyl (C=O) groups is 1. The molecule has 4 nitrogen and oxygen atoms in total. The third kappa shape index (κ3) is 4.16. The van der Waals surface area contributed by atoms with Gasteiger partial charge >= 0.3 is 0 Å². The van der Waals surface area contributed by atoms with Crippen LogP contribution in [0.4, 0.5) is 0 Å². The van der Waals surface area contributed by atoms with Crippen LogP contribution in [-0.2, 0) is 10.5 Å². The molecule has 1 aliphatic rings. The lowest BCUT2D eigenvalue weighted by Crippen LogP contribution is -2.40. The van der Waals surface area contributed by atoms with Crippen LogP contribution >= 0.6 is 11.8 Å². The van der Waals surface area contributed by atoms with Crippen molar-refractivity contribution in [1.29, 1.82) is 0 Å². The van der Waals surface area contributed by atoms with E-state index in [1.165, 1.54) is 16.5 Å². The molecule has 3 aromatic rings. The summed E-state index contributed by atoms with van der Waals surface area (Å²) in [5.41, 5.74) is 4.73. The van der Waals surface area contributed by atoms with E-state index in [2.05, 4.69) is 34.6 Å². The first-order chi connectivity index (χ1) is 13.7. The highest BCUT2D eigenvalue weighted by molar-refractivity contribution is 7.99. The summed E-state index contributed by atoms with van der Waals surface area (Å²) in [4.78, 5) is 16.0. The van der Waals surface area contributed by atoms with Crippen LogP contribution in [0, 0.1) is 0 Å². The number of ketones is 1. The Bertz CT molecular complexity index is 1010. The van der Waals surface area contributed by atoms with Gasteiger partial charge in [0, 0.05) is 29.4 Å². The molecule has 144 valence electrons. The number of thioether (sulfide) groups is 1. The number of aromatic nitrogens is 1. The lowest BCUT2D eigenvalue weighted by atomic mass is 9.93. The number of methoxy groups -OCH3 is 1. The number of aromatic amines is 1. The Morgan fingerprint density at radius 1 is 1.21 bits per heavy atom. The van der Waals surface area contributed by atoms with Gasteiger partial charge in [-0.2, -0.15) is 0 Å². The molecule has 0 saturated carbocycles. The number of carbonyl (C=O) groups excluding carboxylic acids is 1. The molecule has 1 aliphatic heterocycles. The molecule has 28 heavy (non-hydrogen) atoms. The first-order valence-electron chi connectivity index (χ1n) is 9.47. The van der Waals surface area contributed by atoms with Crippen molar-refractivity contribution in [2.24, 2.45) is 0 Å². The number of hydrogen-bond acceptors (Lipinski definition) is 4. The van der Waals surface area contributed by atoms with Gasteiger partial charge < -0.3 is 15.0 Å². The van der Waals surface area contributed by atoms with Crippen molar-refractivity contribution >= 4 is 34.0 Å². The first kappa shape index (κ1) is 18.8. The molecular weight excluding hydrogens is 368 g/mol. The van der Waals surface area contributed by atoms with Gasteiger partial charge in [-0.25, -0.2) is 0 Å². The van der Waals surface area contributed by atoms with E-state index in [4.69, 9.17) is 4.74 Å². The monoisotopic (exact) mass is 392 g/mol. The third-order valence-electron chi connectivity index (χ3n) is 5.14. The summed E-state index contributed by atoms with van der Waals surface area (Å²) >= 11 is 1.68. The molecular formula is C23H24N2O2S. The second kappa shape index (κ2) is 8.67. The van der Waals surface area contributed by atoms with Crippen LogP contribution in [0.3, 0.4) is 0 Å². The fourth-order valence-electron chi connectivity index (χ4n) is 3.60. The Labute approximate surface area is 169 Å². The summed E-state index contributed by atoms with van der Waals surface area (Å²) < 4.78 is 5.32. The number of hydrogen-bond donors (Lipinski definition) is 2. The highest BCUT2D eigenvalue weighted by atomic mass is 32.2. The van der Waals surface area contributed by atoms with E-state index in [0.29, 0.717) is 5.75 Å². The molecule has 0 spiro atoms. The van der Waals surface area contributed by atoms with Crippen molar-refractivity contribution in [3.63, 3.8) is 0 Å². The number of para-hydroxylation sites is 1. The minimum atomic E-state index is -0.123. The first-order valence-corrected chi connectivity index (χ1v) is 10.6. The number of fused-ring (bicyclic) bond motifs is 1. The molecule has 2 heterocycles. The summed E-state index contributed by atoms with van der Waals surface area (Å²) in [5.74, 6) is 2.45. The molecule has 0 radical (unpaired) electrons. The SMILES string of the molecule is COc1cccc(C2=CCNC(C(=O)CSCc3c[nH]c4ccccc34)C2)c1. The second-order valence-corrected chi connectivity index (χ2v) is 7.93. The number of ether oxygens (including phenoxy) is 1. The molecule has 1 aromatic heterocycles. The van der Waals surface area contributed by atoms with Crippen LogP contribution in [0.25, 0.3) is 16.5 Å². The van der Waals surface area contributed by atoms with Crippen LogP contribution in [0.15, 0.2) is 60.8 Å². The molecule has 0 bridgehead atoms. The maximum atomic E-state index is 12.7. The topological polar surface area (TPSA) is 54.1 Å². The number of nitrogens with one attached hydrogen (secondary N) is 2. The van der Waals surface area contributed by atoms with Gasteiger partial charge in [-0.3, -0.25) is 4.79 Å². The van der Waals surface area contributed by atoms with Gasteiger partial charge in [0.25, 0.3) is 0 Å². The molecule has 0 saturated heterocycles. The smallest absolute Gasteiger partial charge is 0.159 e. The second-order valence-electron chi connectivity index (χ2n) is 6.94. The van der Waals surface area contributed by atoms with Crippen molar-refractivity contribution in [2.45, 2.75) is 18.2 Å². The Kier molecular flexibility index (Phi) is 5.84. The largest absolute Gasteiger partial charge is 0.497 e. The number of rotatable bonds is 7. The van der Waals surface area contributed by atoms with Gasteiger partial charge in [0.1, 0.15) is 5.75 Å². The van der Waals surface area contributed by atoms with Crippen molar-refractivity contribution in [2.75, 3.05) is 19.4 Å². The van der Waals surface area contributed by atoms with Crippen molar-refractivity contribution in [1.82, 2.24) is 10.3 Å². The maximum Gasteiger partial charge on any atom is 0.159 e. The van der Waals surface area contributed by atoms with E-state index in [9.17, 15) is 4.79 Å². The van der Waals surface area contributed by atoms with Crippen molar-refractivity contribution < 1.29 is 9.53 Å². The van der Waals surface area contributed by atoms with E-state index < -0.39 is 0 Å². The molecule has 4 rings (SSSR count). The van der Waals surface area contributed by atoms with Crippen molar-refractivity contribution in [3.05, 3.63) is 71.9 Å². The van der Waals surface area contributed by atoms with Crippen LogP contribution < -0.4 is 10.1 Å². The van der Waals surface area contributed by atoms with E-state index >= 15 is 0 Å². The Balaban J connectivity index is 1.34. The van der Waals surface area contributed by atoms with Gasteiger partial charge in [-0.15, -0.1) is 11.8 Å². The average Bonchev–Trinajstić information content (AvgIpc) is 3.17. The third-order valence-corrected chi connectivity index (χ3v) is 6.15. The van der Waals surface area contributed by atoms with Crippen LogP contribution in [0.5, 0.6) is 5.75 Å². The summed E-state index contributed by atoms with van der Waals surface area (Å²) in [6.07, 6.45) is 4.93. The van der Waals surface area contributed by atoms with Gasteiger partial charge in [-0.1, -0.05) is 36.4 Å². The Morgan fingerprint density at radius 2 is 2.11 bits per heavy atom. The number of Topliss-reactive ketones (excluding diaryl/α,β-unsaturated/α-hetero) is 1. The Hall–Kier alpha value is -2.50. The normalized spacial score (nSPS) is 16.8. The molecule has 0 amide bonds. The van der Waals surface area contributed by atoms with E-state index in [0.717, 1.165) is 35.5 Å². The molecule has 2 N–H and O–H groups in total. The van der Waals surface area contributed by atoms with Crippen LogP contribution in [0.2, 0.25) is 0 Å². The molecule has 0 aliphatic carbocycles. The highest BCUT2D eigenvalue weighted by Gasteiger charge is 2.22. The summed E-state index contributed by atoms with van der Waals surface area (Å²) in [6.45, 7) is 0.718. The highest BCUT2D eigenvalue weighted by Crippen LogP contribution is 2.27. The predicted molar refractivity (Wildman–Crippen MR) is 117 cm³/mol. The molecule has 5 heteroatoms. The maximum absolute atomic E-state index is 12.7. The van der Waals surface area contributed by atoms with E-state index in [1.807, 2.05) is 36.5 Å². The van der Waals surface area contributed by atoms with E-state index in [-0.39, 0.29) is 11.8 Å². The van der Waals surface area contributed by atoms with Crippen LogP contribution in [-0.4, -0.2) is 36.2 Å². The van der Waals surface area contributed by atoms with Crippen LogP contribution in [0.1, 0.15) is 17.5 Å². The fraction of sp³-hybridized carbons (Fsp3) is 0.261. The minimum absolute atomic E-state index is 0.123. The molecule has 1 unspecified atom stereocenters.